The lowest BCUT2D eigenvalue weighted by atomic mass is 10.0. The molecule has 0 aliphatic rings. The van der Waals surface area contributed by atoms with Gasteiger partial charge in [-0.3, -0.25) is 4.79 Å². The van der Waals surface area contributed by atoms with Gasteiger partial charge in [0.2, 0.25) is 0 Å². The normalized spacial score (nSPS) is 11.6. The molecule has 0 fully saturated rings. The van der Waals surface area contributed by atoms with Crippen molar-refractivity contribution in [1.82, 2.24) is 9.97 Å². The average Bonchev–Trinajstić information content (AvgIpc) is 3.07. The van der Waals surface area contributed by atoms with Crippen LogP contribution in [0.5, 0.6) is 11.5 Å². The van der Waals surface area contributed by atoms with Crippen LogP contribution in [0.2, 0.25) is 0 Å². The molecule has 8 heteroatoms. The largest absolute Gasteiger partial charge is 0.497 e. The average molecular weight is 590 g/mol. The number of para-hydroxylation sites is 1. The molecule has 8 nitrogen and oxygen atoms in total. The lowest BCUT2D eigenvalue weighted by molar-refractivity contribution is -0.124. The van der Waals surface area contributed by atoms with Crippen LogP contribution in [-0.2, 0) is 16.0 Å². The summed E-state index contributed by atoms with van der Waals surface area (Å²) in [5, 5.41) is 2.97. The fraction of sp³-hybridized carbons (Fsp3) is 0.222. The standard InChI is InChI=1S/C36H35N3O5/c1-6-23-10-8-9-22(3)32(23)39-35(40)31(7-2)44-36(41)26-15-20-29-30(21-26)38-34(25-13-18-28(43-5)19-14-25)33(37-29)24-11-16-27(42-4)17-12-24/h8-21,31H,6-7H2,1-5H3,(H,39,40). The van der Waals surface area contributed by atoms with Gasteiger partial charge in [-0.15, -0.1) is 0 Å². The third kappa shape index (κ3) is 6.39. The Morgan fingerprint density at radius 3 is 1.91 bits per heavy atom. The number of carbonyl (C=O) groups excluding carboxylic acids is 2. The topological polar surface area (TPSA) is 99.6 Å². The number of nitrogens with one attached hydrogen (secondary N) is 1. The van der Waals surface area contributed by atoms with E-state index in [4.69, 9.17) is 24.2 Å². The second-order valence-electron chi connectivity index (χ2n) is 10.3. The van der Waals surface area contributed by atoms with Gasteiger partial charge in [0, 0.05) is 16.8 Å². The molecule has 1 amide bonds. The number of carbonyl (C=O) groups is 2. The van der Waals surface area contributed by atoms with Crippen molar-refractivity contribution in [3.05, 3.63) is 102 Å². The summed E-state index contributed by atoms with van der Waals surface area (Å²) in [6.07, 6.45) is 0.136. The number of aromatic nitrogens is 2. The fourth-order valence-corrected chi connectivity index (χ4v) is 5.01. The molecule has 0 radical (unpaired) electrons. The minimum absolute atomic E-state index is 0.279. The number of hydrogen-bond acceptors (Lipinski definition) is 7. The highest BCUT2D eigenvalue weighted by atomic mass is 16.5. The van der Waals surface area contributed by atoms with Gasteiger partial charge in [-0.1, -0.05) is 32.0 Å². The van der Waals surface area contributed by atoms with E-state index in [0.717, 1.165) is 45.9 Å². The van der Waals surface area contributed by atoms with Gasteiger partial charge in [-0.05, 0) is 97.6 Å². The molecule has 0 bridgehead atoms. The predicted octanol–water partition coefficient (Wildman–Crippen LogP) is 7.43. The van der Waals surface area contributed by atoms with E-state index < -0.39 is 12.1 Å². The summed E-state index contributed by atoms with van der Waals surface area (Å²) in [5.74, 6) is 0.486. The minimum Gasteiger partial charge on any atom is -0.497 e. The molecule has 0 spiro atoms. The maximum absolute atomic E-state index is 13.3. The minimum atomic E-state index is -0.957. The number of methoxy groups -OCH3 is 2. The monoisotopic (exact) mass is 589 g/mol. The maximum atomic E-state index is 13.3. The Hall–Kier alpha value is -5.24. The molecule has 0 aliphatic heterocycles. The number of ether oxygens (including phenoxy) is 3. The van der Waals surface area contributed by atoms with E-state index in [9.17, 15) is 9.59 Å². The Morgan fingerprint density at radius 1 is 0.773 bits per heavy atom. The number of hydrogen-bond donors (Lipinski definition) is 1. The van der Waals surface area contributed by atoms with Gasteiger partial charge >= 0.3 is 5.97 Å². The van der Waals surface area contributed by atoms with Crippen molar-refractivity contribution < 1.29 is 23.8 Å². The molecule has 0 saturated carbocycles. The zero-order valence-electron chi connectivity index (χ0n) is 25.5. The highest BCUT2D eigenvalue weighted by molar-refractivity contribution is 5.99. The van der Waals surface area contributed by atoms with E-state index in [1.54, 1.807) is 32.4 Å². The zero-order chi connectivity index (χ0) is 31.2. The SMILES string of the molecule is CCc1cccc(C)c1NC(=O)C(CC)OC(=O)c1ccc2nc(-c3ccc(OC)cc3)c(-c3ccc(OC)cc3)nc2c1. The molecule has 0 aliphatic carbocycles. The van der Waals surface area contributed by atoms with E-state index in [-0.39, 0.29) is 11.5 Å². The molecule has 1 unspecified atom stereocenters. The Bertz CT molecular complexity index is 1800. The van der Waals surface area contributed by atoms with Crippen LogP contribution < -0.4 is 14.8 Å². The van der Waals surface area contributed by atoms with Crippen molar-refractivity contribution in [3.63, 3.8) is 0 Å². The zero-order valence-corrected chi connectivity index (χ0v) is 25.5. The second-order valence-corrected chi connectivity index (χ2v) is 10.3. The van der Waals surface area contributed by atoms with Crippen molar-refractivity contribution in [2.24, 2.45) is 0 Å². The van der Waals surface area contributed by atoms with E-state index in [1.165, 1.54) is 0 Å². The molecule has 1 N–H and O–H groups in total. The number of nitrogens with zero attached hydrogens (tertiary/aromatic N) is 2. The van der Waals surface area contributed by atoms with Gasteiger partial charge in [0.1, 0.15) is 11.5 Å². The molecular weight excluding hydrogens is 554 g/mol. The van der Waals surface area contributed by atoms with Gasteiger partial charge in [-0.25, -0.2) is 14.8 Å². The second kappa shape index (κ2) is 13.4. The van der Waals surface area contributed by atoms with E-state index in [0.29, 0.717) is 28.8 Å². The molecule has 1 atom stereocenters. The van der Waals surface area contributed by atoms with Crippen LogP contribution in [0.15, 0.2) is 84.9 Å². The molecule has 4 aromatic carbocycles. The van der Waals surface area contributed by atoms with Crippen LogP contribution in [0, 0.1) is 6.92 Å². The molecule has 1 heterocycles. The van der Waals surface area contributed by atoms with Crippen LogP contribution in [0.1, 0.15) is 41.8 Å². The van der Waals surface area contributed by atoms with Crippen LogP contribution >= 0.6 is 0 Å². The fourth-order valence-electron chi connectivity index (χ4n) is 5.01. The molecule has 5 aromatic rings. The van der Waals surface area contributed by atoms with Crippen LogP contribution in [0.4, 0.5) is 5.69 Å². The summed E-state index contributed by atoms with van der Waals surface area (Å²) in [6, 6.07) is 26.1. The van der Waals surface area contributed by atoms with Gasteiger partial charge in [0.25, 0.3) is 5.91 Å². The summed E-state index contributed by atoms with van der Waals surface area (Å²) >= 11 is 0. The number of benzene rings is 4. The summed E-state index contributed by atoms with van der Waals surface area (Å²) in [6.45, 7) is 5.78. The van der Waals surface area contributed by atoms with Crippen LogP contribution in [0.25, 0.3) is 33.5 Å². The van der Waals surface area contributed by atoms with E-state index in [1.807, 2.05) is 87.5 Å². The van der Waals surface area contributed by atoms with Crippen LogP contribution in [0.3, 0.4) is 0 Å². The number of aryl methyl sites for hydroxylation is 2. The van der Waals surface area contributed by atoms with Crippen molar-refractivity contribution in [1.29, 1.82) is 0 Å². The van der Waals surface area contributed by atoms with Crippen molar-refractivity contribution >= 4 is 28.6 Å². The van der Waals surface area contributed by atoms with Gasteiger partial charge < -0.3 is 19.5 Å². The summed E-state index contributed by atoms with van der Waals surface area (Å²) in [4.78, 5) is 36.4. The Morgan fingerprint density at radius 2 is 1.36 bits per heavy atom. The van der Waals surface area contributed by atoms with Crippen molar-refractivity contribution in [3.8, 4) is 34.0 Å². The molecule has 5 rings (SSSR count). The highest BCUT2D eigenvalue weighted by Crippen LogP contribution is 2.33. The quantitative estimate of drug-likeness (QED) is 0.169. The summed E-state index contributed by atoms with van der Waals surface area (Å²) in [5.41, 5.74) is 7.18. The Kier molecular flexibility index (Phi) is 9.19. The van der Waals surface area contributed by atoms with Gasteiger partial charge in [0.05, 0.1) is 42.2 Å². The van der Waals surface area contributed by atoms with Crippen molar-refractivity contribution in [2.75, 3.05) is 19.5 Å². The van der Waals surface area contributed by atoms with E-state index >= 15 is 0 Å². The number of anilines is 1. The Balaban J connectivity index is 1.46. The smallest absolute Gasteiger partial charge is 0.338 e. The van der Waals surface area contributed by atoms with Crippen molar-refractivity contribution in [2.45, 2.75) is 39.7 Å². The highest BCUT2D eigenvalue weighted by Gasteiger charge is 2.24. The lowest BCUT2D eigenvalue weighted by Gasteiger charge is -2.19. The molecule has 0 saturated heterocycles. The number of amides is 1. The van der Waals surface area contributed by atoms with Crippen LogP contribution in [-0.4, -0.2) is 42.2 Å². The first-order chi connectivity index (χ1) is 21.3. The first-order valence-electron chi connectivity index (χ1n) is 14.6. The first kappa shape index (κ1) is 30.2. The van der Waals surface area contributed by atoms with Gasteiger partial charge in [-0.2, -0.15) is 0 Å². The number of esters is 1. The third-order valence-corrected chi connectivity index (χ3v) is 7.53. The summed E-state index contributed by atoms with van der Waals surface area (Å²) in [7, 11) is 3.24. The number of rotatable bonds is 10. The number of fused-ring (bicyclic) bond motifs is 1. The Labute approximate surface area is 257 Å². The molecule has 44 heavy (non-hydrogen) atoms. The maximum Gasteiger partial charge on any atom is 0.338 e. The van der Waals surface area contributed by atoms with E-state index in [2.05, 4.69) is 5.32 Å². The first-order valence-corrected chi connectivity index (χ1v) is 14.6. The molecule has 1 aromatic heterocycles. The molecular formula is C36H35N3O5. The van der Waals surface area contributed by atoms with Gasteiger partial charge in [0.15, 0.2) is 6.10 Å². The predicted molar refractivity (Wildman–Crippen MR) is 172 cm³/mol. The summed E-state index contributed by atoms with van der Waals surface area (Å²) < 4.78 is 16.4. The molecule has 224 valence electrons. The third-order valence-electron chi connectivity index (χ3n) is 7.53. The lowest BCUT2D eigenvalue weighted by Crippen LogP contribution is -2.32.